The minimum absolute atomic E-state index is 0.125. The predicted octanol–water partition coefficient (Wildman–Crippen LogP) is 2.41. The molecule has 2 aromatic carbocycles. The van der Waals surface area contributed by atoms with Gasteiger partial charge in [-0.15, -0.1) is 0 Å². The van der Waals surface area contributed by atoms with Gasteiger partial charge in [0.15, 0.2) is 5.75 Å². The van der Waals surface area contributed by atoms with Crippen molar-refractivity contribution in [2.24, 2.45) is 0 Å². The van der Waals surface area contributed by atoms with Crippen molar-refractivity contribution in [3.05, 3.63) is 70.5 Å². The average Bonchev–Trinajstić information content (AvgIpc) is 2.52. The van der Waals surface area contributed by atoms with Gasteiger partial charge in [0.25, 0.3) is 5.56 Å². The molecule has 0 bridgehead atoms. The van der Waals surface area contributed by atoms with Gasteiger partial charge in [0.2, 0.25) is 5.91 Å². The van der Waals surface area contributed by atoms with Gasteiger partial charge in [-0.1, -0.05) is 42.5 Å². The highest BCUT2D eigenvalue weighted by Gasteiger charge is 2.14. The SMILES string of the molecule is O=C(Cc1ccccc1)Nc1c(O)c2ccccc2[nH]c1=O. The van der Waals surface area contributed by atoms with E-state index in [0.29, 0.717) is 10.9 Å². The minimum Gasteiger partial charge on any atom is -0.505 e. The molecule has 1 aromatic heterocycles. The van der Waals surface area contributed by atoms with Gasteiger partial charge in [-0.2, -0.15) is 0 Å². The molecule has 0 saturated heterocycles. The lowest BCUT2D eigenvalue weighted by Gasteiger charge is -2.09. The number of rotatable bonds is 3. The lowest BCUT2D eigenvalue weighted by molar-refractivity contribution is -0.115. The van der Waals surface area contributed by atoms with E-state index in [0.717, 1.165) is 5.56 Å². The van der Waals surface area contributed by atoms with Gasteiger partial charge >= 0.3 is 0 Å². The van der Waals surface area contributed by atoms with Crippen molar-refractivity contribution in [3.8, 4) is 5.75 Å². The molecule has 1 amide bonds. The molecule has 3 rings (SSSR count). The number of aromatic hydroxyl groups is 1. The Morgan fingerprint density at radius 1 is 1.05 bits per heavy atom. The Bertz CT molecular complexity index is 885. The molecule has 0 saturated carbocycles. The molecule has 3 aromatic rings. The summed E-state index contributed by atoms with van der Waals surface area (Å²) in [5, 5.41) is 13.2. The third-order valence-electron chi connectivity index (χ3n) is 3.37. The van der Waals surface area contributed by atoms with E-state index in [1.807, 2.05) is 30.3 Å². The van der Waals surface area contributed by atoms with Crippen LogP contribution in [0.15, 0.2) is 59.4 Å². The largest absolute Gasteiger partial charge is 0.505 e. The van der Waals surface area contributed by atoms with Crippen LogP contribution < -0.4 is 10.9 Å². The molecular formula is C17H14N2O3. The number of carbonyl (C=O) groups excluding carboxylic acids is 1. The lowest BCUT2D eigenvalue weighted by atomic mass is 10.1. The zero-order chi connectivity index (χ0) is 15.5. The van der Waals surface area contributed by atoms with Crippen molar-refractivity contribution in [1.29, 1.82) is 0 Å². The first kappa shape index (κ1) is 13.9. The van der Waals surface area contributed by atoms with E-state index in [-0.39, 0.29) is 23.8 Å². The smallest absolute Gasteiger partial charge is 0.276 e. The van der Waals surface area contributed by atoms with Gasteiger partial charge in [-0.3, -0.25) is 9.59 Å². The van der Waals surface area contributed by atoms with Gasteiger partial charge < -0.3 is 15.4 Å². The van der Waals surface area contributed by atoms with E-state index < -0.39 is 5.56 Å². The van der Waals surface area contributed by atoms with Crippen molar-refractivity contribution in [2.75, 3.05) is 5.32 Å². The third-order valence-corrected chi connectivity index (χ3v) is 3.37. The monoisotopic (exact) mass is 294 g/mol. The molecule has 5 nitrogen and oxygen atoms in total. The standard InChI is InChI=1S/C17H14N2O3/c20-14(10-11-6-2-1-3-7-11)19-15-16(21)12-8-4-5-9-13(12)18-17(15)22/h1-9H,10H2,(H,19,20)(H2,18,21,22). The number of fused-ring (bicyclic) bond motifs is 1. The maximum Gasteiger partial charge on any atom is 0.276 e. The summed E-state index contributed by atoms with van der Waals surface area (Å²) in [5.74, 6) is -0.581. The molecule has 22 heavy (non-hydrogen) atoms. The van der Waals surface area contributed by atoms with Crippen LogP contribution in [0.1, 0.15) is 5.56 Å². The summed E-state index contributed by atoms with van der Waals surface area (Å²) in [7, 11) is 0. The van der Waals surface area contributed by atoms with E-state index >= 15 is 0 Å². The topological polar surface area (TPSA) is 82.2 Å². The van der Waals surface area contributed by atoms with Crippen LogP contribution in [-0.4, -0.2) is 16.0 Å². The number of pyridine rings is 1. The van der Waals surface area contributed by atoms with E-state index in [4.69, 9.17) is 0 Å². The molecule has 0 fully saturated rings. The minimum atomic E-state index is -0.530. The molecule has 0 aliphatic heterocycles. The van der Waals surface area contributed by atoms with Crippen LogP contribution in [0, 0.1) is 0 Å². The van der Waals surface area contributed by atoms with Gasteiger partial charge in [-0.25, -0.2) is 0 Å². The Balaban J connectivity index is 1.90. The second kappa shape index (κ2) is 5.73. The fourth-order valence-corrected chi connectivity index (χ4v) is 2.31. The molecule has 1 heterocycles. The number of hydrogen-bond donors (Lipinski definition) is 3. The van der Waals surface area contributed by atoms with Crippen LogP contribution >= 0.6 is 0 Å². The zero-order valence-corrected chi connectivity index (χ0v) is 11.7. The summed E-state index contributed by atoms with van der Waals surface area (Å²) < 4.78 is 0. The van der Waals surface area contributed by atoms with Crippen molar-refractivity contribution >= 4 is 22.5 Å². The molecule has 0 aliphatic carbocycles. The van der Waals surface area contributed by atoms with E-state index in [1.54, 1.807) is 24.3 Å². The normalized spacial score (nSPS) is 10.5. The summed E-state index contributed by atoms with van der Waals surface area (Å²) >= 11 is 0. The number of benzene rings is 2. The van der Waals surface area contributed by atoms with Crippen LogP contribution in [0.5, 0.6) is 5.75 Å². The Labute approximate surface area is 126 Å². The fourth-order valence-electron chi connectivity index (χ4n) is 2.31. The first-order valence-electron chi connectivity index (χ1n) is 6.83. The molecule has 110 valence electrons. The Hall–Kier alpha value is -3.08. The second-order valence-electron chi connectivity index (χ2n) is 4.93. The average molecular weight is 294 g/mol. The Morgan fingerprint density at radius 2 is 1.73 bits per heavy atom. The number of H-pyrrole nitrogens is 1. The van der Waals surface area contributed by atoms with Crippen molar-refractivity contribution in [3.63, 3.8) is 0 Å². The van der Waals surface area contributed by atoms with E-state index in [1.165, 1.54) is 0 Å². The van der Waals surface area contributed by atoms with Gasteiger partial charge in [0.1, 0.15) is 5.69 Å². The highest BCUT2D eigenvalue weighted by Crippen LogP contribution is 2.27. The fraction of sp³-hybridized carbons (Fsp3) is 0.0588. The van der Waals surface area contributed by atoms with E-state index in [2.05, 4.69) is 10.3 Å². The summed E-state index contributed by atoms with van der Waals surface area (Å²) in [6, 6.07) is 16.0. The van der Waals surface area contributed by atoms with Crippen LogP contribution in [0.4, 0.5) is 5.69 Å². The van der Waals surface area contributed by atoms with Gasteiger partial charge in [-0.05, 0) is 17.7 Å². The number of aromatic nitrogens is 1. The maximum absolute atomic E-state index is 12.0. The van der Waals surface area contributed by atoms with E-state index in [9.17, 15) is 14.7 Å². The second-order valence-corrected chi connectivity index (χ2v) is 4.93. The number of hydrogen-bond acceptors (Lipinski definition) is 3. The third kappa shape index (κ3) is 2.69. The molecule has 5 heteroatoms. The Kier molecular flexibility index (Phi) is 3.62. The van der Waals surface area contributed by atoms with Gasteiger partial charge in [0, 0.05) is 5.39 Å². The lowest BCUT2D eigenvalue weighted by Crippen LogP contribution is -2.21. The van der Waals surface area contributed by atoms with Crippen LogP contribution in [-0.2, 0) is 11.2 Å². The molecular weight excluding hydrogens is 280 g/mol. The number of aromatic amines is 1. The molecule has 0 atom stereocenters. The summed E-state index contributed by atoms with van der Waals surface area (Å²) in [6.07, 6.45) is 0.131. The van der Waals surface area contributed by atoms with Gasteiger partial charge in [0.05, 0.1) is 11.9 Å². The number of para-hydroxylation sites is 1. The number of amides is 1. The predicted molar refractivity (Wildman–Crippen MR) is 85.0 cm³/mol. The van der Waals surface area contributed by atoms with Crippen LogP contribution in [0.25, 0.3) is 10.9 Å². The summed E-state index contributed by atoms with van der Waals surface area (Å²) in [4.78, 5) is 26.7. The van der Waals surface area contributed by atoms with Crippen LogP contribution in [0.2, 0.25) is 0 Å². The first-order chi connectivity index (χ1) is 10.6. The quantitative estimate of drug-likeness (QED) is 0.693. The van der Waals surface area contributed by atoms with Crippen molar-refractivity contribution in [2.45, 2.75) is 6.42 Å². The molecule has 3 N–H and O–H groups in total. The molecule has 0 spiro atoms. The van der Waals surface area contributed by atoms with Crippen molar-refractivity contribution in [1.82, 2.24) is 4.98 Å². The molecule has 0 aliphatic rings. The zero-order valence-electron chi connectivity index (χ0n) is 11.7. The number of anilines is 1. The number of carbonyl (C=O) groups is 1. The first-order valence-corrected chi connectivity index (χ1v) is 6.83. The van der Waals surface area contributed by atoms with Crippen LogP contribution in [0.3, 0.4) is 0 Å². The molecule has 0 unspecified atom stereocenters. The number of nitrogens with one attached hydrogen (secondary N) is 2. The molecule has 0 radical (unpaired) electrons. The summed E-state index contributed by atoms with van der Waals surface area (Å²) in [5.41, 5.74) is 0.694. The van der Waals surface area contributed by atoms with Crippen molar-refractivity contribution < 1.29 is 9.90 Å². The summed E-state index contributed by atoms with van der Waals surface area (Å²) in [6.45, 7) is 0. The Morgan fingerprint density at radius 3 is 2.50 bits per heavy atom. The highest BCUT2D eigenvalue weighted by atomic mass is 16.3. The highest BCUT2D eigenvalue weighted by molar-refractivity contribution is 5.98. The maximum atomic E-state index is 12.0.